The van der Waals surface area contributed by atoms with Gasteiger partial charge in [0.1, 0.15) is 13.2 Å². The summed E-state index contributed by atoms with van der Waals surface area (Å²) in [5.74, 6) is 2.68. The van der Waals surface area contributed by atoms with Crippen LogP contribution >= 0.6 is 0 Å². The standard InChI is InChI=1S/C18H20O5/c1-3-21-18-15(20-2)7-5-13(11-19)17(18)12-4-6-14-16(10-12)23-9-8-22-14/h4-7,10,19H,3,8-9,11H2,1-2H3. The van der Waals surface area contributed by atoms with Crippen LogP contribution in [0.1, 0.15) is 12.5 Å². The molecule has 1 aliphatic heterocycles. The van der Waals surface area contributed by atoms with Gasteiger partial charge in [0.15, 0.2) is 23.0 Å². The fourth-order valence-electron chi connectivity index (χ4n) is 2.70. The molecule has 1 aliphatic rings. The Kier molecular flexibility index (Phi) is 4.57. The quantitative estimate of drug-likeness (QED) is 0.919. The Morgan fingerprint density at radius 1 is 1.09 bits per heavy atom. The van der Waals surface area contributed by atoms with Gasteiger partial charge in [-0.05, 0) is 36.2 Å². The van der Waals surface area contributed by atoms with E-state index in [0.29, 0.717) is 37.1 Å². The van der Waals surface area contributed by atoms with Crippen molar-refractivity contribution in [2.75, 3.05) is 26.9 Å². The Bertz CT molecular complexity index is 696. The van der Waals surface area contributed by atoms with E-state index < -0.39 is 0 Å². The zero-order chi connectivity index (χ0) is 16.2. The Morgan fingerprint density at radius 2 is 1.87 bits per heavy atom. The molecule has 122 valence electrons. The average Bonchev–Trinajstić information content (AvgIpc) is 2.61. The van der Waals surface area contributed by atoms with E-state index in [4.69, 9.17) is 18.9 Å². The largest absolute Gasteiger partial charge is 0.493 e. The smallest absolute Gasteiger partial charge is 0.169 e. The van der Waals surface area contributed by atoms with Gasteiger partial charge in [0.05, 0.1) is 20.3 Å². The molecule has 0 bridgehead atoms. The molecule has 1 N–H and O–H groups in total. The van der Waals surface area contributed by atoms with Crippen LogP contribution in [0.25, 0.3) is 11.1 Å². The molecule has 2 aromatic rings. The van der Waals surface area contributed by atoms with Gasteiger partial charge < -0.3 is 24.1 Å². The second-order valence-electron chi connectivity index (χ2n) is 5.08. The molecule has 23 heavy (non-hydrogen) atoms. The van der Waals surface area contributed by atoms with E-state index in [0.717, 1.165) is 22.4 Å². The molecule has 0 saturated heterocycles. The molecular weight excluding hydrogens is 296 g/mol. The van der Waals surface area contributed by atoms with Gasteiger partial charge in [-0.2, -0.15) is 0 Å². The number of methoxy groups -OCH3 is 1. The lowest BCUT2D eigenvalue weighted by atomic mass is 9.97. The normalized spacial score (nSPS) is 12.8. The molecule has 0 atom stereocenters. The van der Waals surface area contributed by atoms with Gasteiger partial charge in [0, 0.05) is 5.56 Å². The van der Waals surface area contributed by atoms with Crippen LogP contribution in [0.4, 0.5) is 0 Å². The minimum Gasteiger partial charge on any atom is -0.493 e. The van der Waals surface area contributed by atoms with Crippen LogP contribution in [-0.4, -0.2) is 32.0 Å². The summed E-state index contributed by atoms with van der Waals surface area (Å²) in [5.41, 5.74) is 2.47. The zero-order valence-corrected chi connectivity index (χ0v) is 13.3. The monoisotopic (exact) mass is 316 g/mol. The number of benzene rings is 2. The van der Waals surface area contributed by atoms with Gasteiger partial charge >= 0.3 is 0 Å². The topological polar surface area (TPSA) is 57.2 Å². The fourth-order valence-corrected chi connectivity index (χ4v) is 2.70. The highest BCUT2D eigenvalue weighted by atomic mass is 16.6. The van der Waals surface area contributed by atoms with Crippen LogP contribution < -0.4 is 18.9 Å². The van der Waals surface area contributed by atoms with Crippen LogP contribution in [0.15, 0.2) is 30.3 Å². The minimum atomic E-state index is -0.0894. The van der Waals surface area contributed by atoms with Crippen molar-refractivity contribution < 1.29 is 24.1 Å². The Labute approximate surface area is 135 Å². The van der Waals surface area contributed by atoms with Gasteiger partial charge in [-0.15, -0.1) is 0 Å². The lowest BCUT2D eigenvalue weighted by molar-refractivity contribution is 0.171. The molecule has 3 rings (SSSR count). The van der Waals surface area contributed by atoms with Crippen molar-refractivity contribution >= 4 is 0 Å². The van der Waals surface area contributed by atoms with Crippen molar-refractivity contribution in [2.24, 2.45) is 0 Å². The van der Waals surface area contributed by atoms with Crippen molar-refractivity contribution in [3.05, 3.63) is 35.9 Å². The maximum Gasteiger partial charge on any atom is 0.169 e. The van der Waals surface area contributed by atoms with Gasteiger partial charge in [-0.1, -0.05) is 12.1 Å². The Balaban J connectivity index is 2.17. The van der Waals surface area contributed by atoms with Crippen molar-refractivity contribution in [1.29, 1.82) is 0 Å². The number of hydrogen-bond acceptors (Lipinski definition) is 5. The maximum absolute atomic E-state index is 9.72. The Hall–Kier alpha value is -2.40. The van der Waals surface area contributed by atoms with Crippen molar-refractivity contribution in [3.63, 3.8) is 0 Å². The number of fused-ring (bicyclic) bond motifs is 1. The second kappa shape index (κ2) is 6.79. The molecule has 5 nitrogen and oxygen atoms in total. The third-order valence-electron chi connectivity index (χ3n) is 3.72. The molecular formula is C18H20O5. The van der Waals surface area contributed by atoms with E-state index in [2.05, 4.69) is 0 Å². The lowest BCUT2D eigenvalue weighted by Crippen LogP contribution is -2.15. The van der Waals surface area contributed by atoms with Crippen molar-refractivity contribution in [2.45, 2.75) is 13.5 Å². The Morgan fingerprint density at radius 3 is 2.57 bits per heavy atom. The summed E-state index contributed by atoms with van der Waals surface area (Å²) in [6.45, 7) is 3.41. The SMILES string of the molecule is CCOc1c(OC)ccc(CO)c1-c1ccc2c(c1)OCCO2. The molecule has 0 saturated carbocycles. The first-order valence-electron chi connectivity index (χ1n) is 7.62. The highest BCUT2D eigenvalue weighted by Crippen LogP contribution is 2.43. The van der Waals surface area contributed by atoms with Crippen molar-refractivity contribution in [1.82, 2.24) is 0 Å². The third-order valence-corrected chi connectivity index (χ3v) is 3.72. The summed E-state index contributed by atoms with van der Waals surface area (Å²) in [4.78, 5) is 0. The average molecular weight is 316 g/mol. The molecule has 0 unspecified atom stereocenters. The van der Waals surface area contributed by atoms with E-state index in [1.807, 2.05) is 31.2 Å². The van der Waals surface area contributed by atoms with Gasteiger partial charge in [-0.3, -0.25) is 0 Å². The summed E-state index contributed by atoms with van der Waals surface area (Å²) in [5, 5.41) is 9.72. The number of rotatable bonds is 5. The molecule has 2 aromatic carbocycles. The second-order valence-corrected chi connectivity index (χ2v) is 5.08. The van der Waals surface area contributed by atoms with Gasteiger partial charge in [0.2, 0.25) is 0 Å². The summed E-state index contributed by atoms with van der Waals surface area (Å²) in [6.07, 6.45) is 0. The highest BCUT2D eigenvalue weighted by molar-refractivity contribution is 5.79. The molecule has 0 radical (unpaired) electrons. The third kappa shape index (κ3) is 2.92. The number of hydrogen-bond donors (Lipinski definition) is 1. The molecule has 1 heterocycles. The molecule has 0 amide bonds. The van der Waals surface area contributed by atoms with Crippen LogP contribution in [0, 0.1) is 0 Å². The van der Waals surface area contributed by atoms with Crippen LogP contribution in [0.3, 0.4) is 0 Å². The first-order valence-corrected chi connectivity index (χ1v) is 7.62. The molecule has 0 aliphatic carbocycles. The van der Waals surface area contributed by atoms with Gasteiger partial charge in [0.25, 0.3) is 0 Å². The first-order chi connectivity index (χ1) is 11.3. The number of ether oxygens (including phenoxy) is 4. The van der Waals surface area contributed by atoms with Crippen LogP contribution in [0.2, 0.25) is 0 Å². The van der Waals surface area contributed by atoms with E-state index in [1.54, 1.807) is 13.2 Å². The van der Waals surface area contributed by atoms with Gasteiger partial charge in [-0.25, -0.2) is 0 Å². The predicted octanol–water partition coefficient (Wildman–Crippen LogP) is 3.02. The summed E-state index contributed by atoms with van der Waals surface area (Å²) in [7, 11) is 1.60. The summed E-state index contributed by atoms with van der Waals surface area (Å²) >= 11 is 0. The minimum absolute atomic E-state index is 0.0894. The molecule has 0 fully saturated rings. The number of aliphatic hydroxyl groups excluding tert-OH is 1. The molecule has 0 spiro atoms. The predicted molar refractivity (Wildman–Crippen MR) is 86.5 cm³/mol. The first kappa shape index (κ1) is 15.5. The van der Waals surface area contributed by atoms with E-state index in [1.165, 1.54) is 0 Å². The fraction of sp³-hybridized carbons (Fsp3) is 0.333. The molecule has 0 aromatic heterocycles. The van der Waals surface area contributed by atoms with Crippen LogP contribution in [0.5, 0.6) is 23.0 Å². The maximum atomic E-state index is 9.72. The van der Waals surface area contributed by atoms with E-state index in [9.17, 15) is 5.11 Å². The van der Waals surface area contributed by atoms with Crippen LogP contribution in [-0.2, 0) is 6.61 Å². The molecule has 5 heteroatoms. The zero-order valence-electron chi connectivity index (χ0n) is 13.3. The summed E-state index contributed by atoms with van der Waals surface area (Å²) in [6, 6.07) is 9.36. The highest BCUT2D eigenvalue weighted by Gasteiger charge is 2.19. The van der Waals surface area contributed by atoms with E-state index >= 15 is 0 Å². The summed E-state index contributed by atoms with van der Waals surface area (Å²) < 4.78 is 22.4. The van der Waals surface area contributed by atoms with Crippen molar-refractivity contribution in [3.8, 4) is 34.1 Å². The number of aliphatic hydroxyl groups is 1. The van der Waals surface area contributed by atoms with E-state index in [-0.39, 0.29) is 6.61 Å². The lowest BCUT2D eigenvalue weighted by Gasteiger charge is -2.21.